The van der Waals surface area contributed by atoms with E-state index in [0.717, 1.165) is 58.9 Å². The predicted octanol–water partition coefficient (Wildman–Crippen LogP) is 3.16. The minimum absolute atomic E-state index is 0.0706. The second-order valence-electron chi connectivity index (χ2n) is 14.7. The van der Waals surface area contributed by atoms with Gasteiger partial charge < -0.3 is 43.5 Å². The highest BCUT2D eigenvalue weighted by molar-refractivity contribution is 7.88. The van der Waals surface area contributed by atoms with Crippen molar-refractivity contribution in [1.29, 1.82) is 0 Å². The molecule has 0 spiro atoms. The van der Waals surface area contributed by atoms with E-state index < -0.39 is 20.0 Å². The quantitative estimate of drug-likeness (QED) is 0.0744. The zero-order chi connectivity index (χ0) is 41.3. The summed E-state index contributed by atoms with van der Waals surface area (Å²) in [5, 5.41) is 2.13. The van der Waals surface area contributed by atoms with Gasteiger partial charge >= 0.3 is 0 Å². The summed E-state index contributed by atoms with van der Waals surface area (Å²) < 4.78 is 82.5. The molecule has 0 aliphatic heterocycles. The highest BCUT2D eigenvalue weighted by Gasteiger charge is 2.20. The molecule has 320 valence electrons. The van der Waals surface area contributed by atoms with E-state index in [9.17, 15) is 16.8 Å². The lowest BCUT2D eigenvalue weighted by molar-refractivity contribution is -0.0115. The molecule has 0 unspecified atom stereocenters. The van der Waals surface area contributed by atoms with E-state index >= 15 is 0 Å². The molecule has 17 heteroatoms. The third-order valence-corrected chi connectivity index (χ3v) is 13.2. The Morgan fingerprint density at radius 1 is 0.474 bits per heavy atom. The smallest absolute Gasteiger partial charge is 0.218 e. The van der Waals surface area contributed by atoms with Crippen LogP contribution in [0.4, 0.5) is 0 Å². The highest BCUT2D eigenvalue weighted by atomic mass is 32.2. The number of hydrogen-bond acceptors (Lipinski definition) is 11. The van der Waals surface area contributed by atoms with Gasteiger partial charge in [-0.05, 0) is 87.6 Å². The normalized spacial score (nSPS) is 12.8. The summed E-state index contributed by atoms with van der Waals surface area (Å²) in [5.41, 5.74) is 5.88. The van der Waals surface area contributed by atoms with E-state index in [1.807, 2.05) is 77.0 Å². The van der Waals surface area contributed by atoms with Crippen LogP contribution in [0.15, 0.2) is 48.8 Å². The minimum atomic E-state index is -3.50. The number of fused-ring (bicyclic) bond motifs is 2. The third-order valence-electron chi connectivity index (χ3n) is 9.56. The second kappa shape index (κ2) is 23.6. The Hall–Kier alpha value is -2.94. The van der Waals surface area contributed by atoms with Crippen LogP contribution in [0.5, 0.6) is 0 Å². The van der Waals surface area contributed by atoms with Crippen LogP contribution in [0.25, 0.3) is 21.8 Å². The van der Waals surface area contributed by atoms with Crippen molar-refractivity contribution in [1.82, 2.24) is 28.4 Å². The number of H-pyrrole nitrogens is 2. The Kier molecular flexibility index (Phi) is 19.4. The number of benzene rings is 2. The lowest BCUT2D eigenvalue weighted by Gasteiger charge is -2.17. The number of nitrogens with zero attached hydrogens (tertiary/aromatic N) is 4. The molecule has 0 amide bonds. The van der Waals surface area contributed by atoms with Gasteiger partial charge in [0.25, 0.3) is 0 Å². The molecule has 2 heterocycles. The summed E-state index contributed by atoms with van der Waals surface area (Å²) in [7, 11) is 4.29. The van der Waals surface area contributed by atoms with Gasteiger partial charge in [-0.15, -0.1) is 0 Å². The Morgan fingerprint density at radius 2 is 0.807 bits per heavy atom. The zero-order valence-corrected chi connectivity index (χ0v) is 36.3. The fraction of sp³-hybridized carbons (Fsp3) is 0.600. The van der Waals surface area contributed by atoms with Gasteiger partial charge in [0.15, 0.2) is 0 Å². The summed E-state index contributed by atoms with van der Waals surface area (Å²) in [6.45, 7) is 5.92. The Morgan fingerprint density at radius 3 is 1.14 bits per heavy atom. The van der Waals surface area contributed by atoms with Crippen LogP contribution in [0.2, 0.25) is 0 Å². The lowest BCUT2D eigenvalue weighted by atomic mass is 10.1. The molecule has 0 saturated heterocycles. The SMILES string of the molecule is CN(C)CCc1c[nH]c2ccc(CS(=O)(=O)N(C)CCOCCOCCOCCOCCOCCN(C)S(=O)(=O)Cc3ccc4[nH]cc(CCN(C)C)c4c3)cc12. The van der Waals surface area contributed by atoms with E-state index in [1.54, 1.807) is 14.1 Å². The average molecular weight is 837 g/mol. The summed E-state index contributed by atoms with van der Waals surface area (Å²) in [6.07, 6.45) is 5.77. The maximum Gasteiger partial charge on any atom is 0.218 e. The standard InChI is InChI=1S/C40H64N6O9S2/c1-43(2)13-11-35-29-41-39-9-7-33(27-37(35)39)31-56(47,48)45(5)15-17-51-19-21-53-23-25-55-26-24-54-22-20-52-18-16-46(6)57(49,50)32-34-8-10-40-38(28-34)36(30-42-40)12-14-44(3)4/h7-10,27-30,41-42H,11-26,31-32H2,1-6H3. The first-order valence-electron chi connectivity index (χ1n) is 19.5. The molecule has 0 aliphatic rings. The van der Waals surface area contributed by atoms with Gasteiger partial charge in [0.1, 0.15) is 0 Å². The molecule has 57 heavy (non-hydrogen) atoms. The van der Waals surface area contributed by atoms with E-state index in [-0.39, 0.29) is 37.8 Å². The topological polar surface area (TPSA) is 159 Å². The van der Waals surface area contributed by atoms with Crippen LogP contribution in [-0.4, -0.2) is 180 Å². The van der Waals surface area contributed by atoms with Gasteiger partial charge in [-0.25, -0.2) is 25.4 Å². The van der Waals surface area contributed by atoms with Crippen molar-refractivity contribution in [3.63, 3.8) is 0 Å². The van der Waals surface area contributed by atoms with Gasteiger partial charge in [-0.2, -0.15) is 0 Å². The molecule has 4 rings (SSSR count). The van der Waals surface area contributed by atoms with Crippen molar-refractivity contribution >= 4 is 41.9 Å². The molecule has 0 aliphatic carbocycles. The van der Waals surface area contributed by atoms with Crippen molar-refractivity contribution in [3.05, 3.63) is 71.0 Å². The fourth-order valence-electron chi connectivity index (χ4n) is 6.02. The van der Waals surface area contributed by atoms with E-state index in [2.05, 4.69) is 19.8 Å². The van der Waals surface area contributed by atoms with Gasteiger partial charge in [0.05, 0.1) is 77.6 Å². The summed E-state index contributed by atoms with van der Waals surface area (Å²) in [6, 6.07) is 11.5. The Labute approximate surface area is 339 Å². The molecule has 15 nitrogen and oxygen atoms in total. The van der Waals surface area contributed by atoms with Crippen molar-refractivity contribution in [2.24, 2.45) is 0 Å². The number of likely N-dealkylation sites (N-methyl/N-ethyl adjacent to an activating group) is 4. The van der Waals surface area contributed by atoms with Gasteiger partial charge in [-0.1, -0.05) is 12.1 Å². The summed E-state index contributed by atoms with van der Waals surface area (Å²) in [5.74, 6) is -0.141. The number of sulfonamides is 2. The van der Waals surface area contributed by atoms with Crippen molar-refractivity contribution in [2.45, 2.75) is 24.3 Å². The number of nitrogens with one attached hydrogen (secondary N) is 2. The average Bonchev–Trinajstić information content (AvgIpc) is 3.76. The molecular weight excluding hydrogens is 773 g/mol. The third kappa shape index (κ3) is 16.0. The molecule has 2 aromatic carbocycles. The van der Waals surface area contributed by atoms with Crippen LogP contribution in [0.1, 0.15) is 22.3 Å². The van der Waals surface area contributed by atoms with Crippen LogP contribution >= 0.6 is 0 Å². The molecular formula is C40H64N6O9S2. The van der Waals surface area contributed by atoms with Gasteiger partial charge in [-0.3, -0.25) is 0 Å². The minimum Gasteiger partial charge on any atom is -0.378 e. The summed E-state index contributed by atoms with van der Waals surface area (Å²) in [4.78, 5) is 10.8. The van der Waals surface area contributed by atoms with Crippen LogP contribution < -0.4 is 0 Å². The lowest BCUT2D eigenvalue weighted by Crippen LogP contribution is -2.31. The first kappa shape index (κ1) is 46.7. The monoisotopic (exact) mass is 836 g/mol. The number of hydrogen-bond donors (Lipinski definition) is 2. The van der Waals surface area contributed by atoms with Crippen LogP contribution in [-0.2, 0) is 68.1 Å². The van der Waals surface area contributed by atoms with Crippen molar-refractivity contribution < 1.29 is 40.5 Å². The zero-order valence-electron chi connectivity index (χ0n) is 34.6. The molecule has 0 radical (unpaired) electrons. The number of ether oxygens (including phenoxy) is 5. The van der Waals surface area contributed by atoms with Gasteiger partial charge in [0, 0.05) is 74.5 Å². The first-order chi connectivity index (χ1) is 27.2. The molecule has 0 fully saturated rings. The van der Waals surface area contributed by atoms with Gasteiger partial charge in [0.2, 0.25) is 20.0 Å². The largest absolute Gasteiger partial charge is 0.378 e. The Balaban J connectivity index is 0.962. The molecule has 2 N–H and O–H groups in total. The number of rotatable bonds is 30. The highest BCUT2D eigenvalue weighted by Crippen LogP contribution is 2.24. The molecule has 0 atom stereocenters. The molecule has 4 aromatic rings. The van der Waals surface area contributed by atoms with Crippen LogP contribution in [0, 0.1) is 0 Å². The fourth-order valence-corrected chi connectivity index (χ4v) is 8.37. The van der Waals surface area contributed by atoms with Crippen molar-refractivity contribution in [2.75, 3.05) is 135 Å². The number of aromatic amines is 2. The first-order valence-corrected chi connectivity index (χ1v) is 22.7. The second-order valence-corrected chi connectivity index (χ2v) is 18.9. The maximum atomic E-state index is 13.0. The maximum absolute atomic E-state index is 13.0. The predicted molar refractivity (Wildman–Crippen MR) is 226 cm³/mol. The number of aromatic nitrogens is 2. The van der Waals surface area contributed by atoms with Crippen molar-refractivity contribution in [3.8, 4) is 0 Å². The van der Waals surface area contributed by atoms with E-state index in [4.69, 9.17) is 23.7 Å². The molecule has 0 saturated carbocycles. The van der Waals surface area contributed by atoms with Crippen LogP contribution in [0.3, 0.4) is 0 Å². The summed E-state index contributed by atoms with van der Waals surface area (Å²) >= 11 is 0. The van der Waals surface area contributed by atoms with E-state index in [0.29, 0.717) is 52.9 Å². The van der Waals surface area contributed by atoms with E-state index in [1.165, 1.54) is 19.7 Å². The molecule has 0 bridgehead atoms. The Bertz CT molecular complexity index is 1860. The molecule has 2 aromatic heterocycles.